The number of carboxylic acid groups (broad SMARTS) is 1. The molecule has 5 amide bonds. The number of benzene rings is 1. The standard InChI is InChI=1S/C40H57N5O14/c1-6-10-13-14-27(30(9-4)45(25-46)59-40(54)41-5)36(50)42-24-43-38(52)32-18-17-31(58-32)26-15-16-28(33(21-26)57-23-34(47)48)37(51)44-29(39(53)56-20-12-8-3)22-35(49)55-19-11-7-2/h15-18,21,25,27,29-30H,6-14,19-20,22-24H2,1-5H3,(H,41,54)(H,42,50)(H,43,52)(H,44,51)(H,47,48)/t27-,29+,30-/m1/s1. The number of nitrogens with one attached hydrogen (secondary N) is 4. The van der Waals surface area contributed by atoms with Crippen molar-refractivity contribution < 1.29 is 66.9 Å². The van der Waals surface area contributed by atoms with E-state index in [1.807, 2.05) is 20.8 Å². The predicted molar refractivity (Wildman–Crippen MR) is 211 cm³/mol. The number of hydrogen-bond donors (Lipinski definition) is 5. The van der Waals surface area contributed by atoms with Crippen LogP contribution < -0.4 is 26.0 Å². The summed E-state index contributed by atoms with van der Waals surface area (Å²) in [5, 5.41) is 20.0. The molecule has 0 fully saturated rings. The summed E-state index contributed by atoms with van der Waals surface area (Å²) in [5.41, 5.74) is 0.110. The van der Waals surface area contributed by atoms with Crippen molar-refractivity contribution >= 4 is 48.1 Å². The van der Waals surface area contributed by atoms with Crippen LogP contribution in [0.2, 0.25) is 0 Å². The SMILES string of the molecule is CCCCC[C@@H](C(=O)NCNC(=O)c1ccc(-c2ccc(C(=O)N[C@@H](CC(=O)OCCCC)C(=O)OCCCC)c(OCC(=O)O)c2)o1)[C@@H](CC)N(C=O)OC(=O)NC. The van der Waals surface area contributed by atoms with Crippen LogP contribution in [0.15, 0.2) is 34.7 Å². The molecule has 0 saturated carbocycles. The maximum absolute atomic E-state index is 13.5. The minimum atomic E-state index is -1.41. The highest BCUT2D eigenvalue weighted by Gasteiger charge is 2.33. The van der Waals surface area contributed by atoms with Crippen molar-refractivity contribution in [2.24, 2.45) is 5.92 Å². The normalized spacial score (nSPS) is 12.2. The van der Waals surface area contributed by atoms with Gasteiger partial charge in [-0.1, -0.05) is 65.9 Å². The summed E-state index contributed by atoms with van der Waals surface area (Å²) in [7, 11) is 1.33. The van der Waals surface area contributed by atoms with Crippen molar-refractivity contribution in [3.05, 3.63) is 41.7 Å². The maximum Gasteiger partial charge on any atom is 0.431 e. The smallest absolute Gasteiger partial charge is 0.431 e. The summed E-state index contributed by atoms with van der Waals surface area (Å²) in [6, 6.07) is 4.67. The van der Waals surface area contributed by atoms with E-state index in [-0.39, 0.29) is 48.3 Å². The van der Waals surface area contributed by atoms with E-state index in [9.17, 15) is 43.5 Å². The first-order chi connectivity index (χ1) is 28.3. The second-order valence-corrected chi connectivity index (χ2v) is 13.3. The molecule has 3 atom stereocenters. The molecule has 2 rings (SSSR count). The molecule has 1 aromatic carbocycles. The zero-order valence-electron chi connectivity index (χ0n) is 34.3. The summed E-state index contributed by atoms with van der Waals surface area (Å²) in [5.74, 6) is -5.96. The van der Waals surface area contributed by atoms with Crippen molar-refractivity contribution in [2.45, 2.75) is 104 Å². The molecule has 19 nitrogen and oxygen atoms in total. The minimum Gasteiger partial charge on any atom is -0.481 e. The lowest BCUT2D eigenvalue weighted by molar-refractivity contribution is -0.169. The molecule has 326 valence electrons. The van der Waals surface area contributed by atoms with Gasteiger partial charge in [0.25, 0.3) is 11.8 Å². The third-order valence-corrected chi connectivity index (χ3v) is 8.83. The van der Waals surface area contributed by atoms with Crippen LogP contribution in [-0.2, 0) is 38.3 Å². The molecule has 1 aromatic heterocycles. The van der Waals surface area contributed by atoms with E-state index in [0.29, 0.717) is 38.5 Å². The molecule has 0 spiro atoms. The fraction of sp³-hybridized carbons (Fsp3) is 0.550. The van der Waals surface area contributed by atoms with Gasteiger partial charge in [0, 0.05) is 12.6 Å². The summed E-state index contributed by atoms with van der Waals surface area (Å²) in [4.78, 5) is 105. The monoisotopic (exact) mass is 831 g/mol. The predicted octanol–water partition coefficient (Wildman–Crippen LogP) is 4.09. The van der Waals surface area contributed by atoms with Crippen LogP contribution in [0.3, 0.4) is 0 Å². The second-order valence-electron chi connectivity index (χ2n) is 13.3. The number of nitrogens with zero attached hydrogens (tertiary/aromatic N) is 1. The zero-order valence-corrected chi connectivity index (χ0v) is 34.3. The van der Waals surface area contributed by atoms with Gasteiger partial charge in [0.1, 0.15) is 17.6 Å². The van der Waals surface area contributed by atoms with Gasteiger partial charge in [-0.05, 0) is 49.9 Å². The Kier molecular flexibility index (Phi) is 22.2. The van der Waals surface area contributed by atoms with E-state index in [0.717, 1.165) is 30.7 Å². The quantitative estimate of drug-likeness (QED) is 0.0266. The van der Waals surface area contributed by atoms with Gasteiger partial charge in [-0.15, -0.1) is 0 Å². The number of unbranched alkanes of at least 4 members (excludes halogenated alkanes) is 4. The Morgan fingerprint density at radius 2 is 1.56 bits per heavy atom. The number of carbonyl (C=O) groups is 8. The Balaban J connectivity index is 2.24. The fourth-order valence-electron chi connectivity index (χ4n) is 5.63. The lowest BCUT2D eigenvalue weighted by Crippen LogP contribution is -2.49. The lowest BCUT2D eigenvalue weighted by Gasteiger charge is -2.31. The van der Waals surface area contributed by atoms with Crippen LogP contribution >= 0.6 is 0 Å². The van der Waals surface area contributed by atoms with Gasteiger partial charge in [0.2, 0.25) is 12.3 Å². The molecule has 19 heteroatoms. The minimum absolute atomic E-state index is 0.0731. The molecule has 5 N–H and O–H groups in total. The topological polar surface area (TPSA) is 258 Å². The first-order valence-electron chi connectivity index (χ1n) is 19.7. The highest BCUT2D eigenvalue weighted by molar-refractivity contribution is 6.00. The first kappa shape index (κ1) is 49.0. The van der Waals surface area contributed by atoms with Crippen LogP contribution in [0.25, 0.3) is 11.3 Å². The maximum atomic E-state index is 13.5. The molecule has 0 saturated heterocycles. The van der Waals surface area contributed by atoms with Gasteiger partial charge in [-0.25, -0.2) is 14.4 Å². The van der Waals surface area contributed by atoms with Crippen LogP contribution in [0.1, 0.15) is 113 Å². The average molecular weight is 832 g/mol. The average Bonchev–Trinajstić information content (AvgIpc) is 3.72. The molecule has 0 unspecified atom stereocenters. The summed E-state index contributed by atoms with van der Waals surface area (Å²) in [6.45, 7) is 6.63. The Labute approximate surface area is 343 Å². The number of carbonyl (C=O) groups excluding carboxylic acids is 7. The van der Waals surface area contributed by atoms with Crippen LogP contribution in [0, 0.1) is 5.92 Å². The van der Waals surface area contributed by atoms with Crippen molar-refractivity contribution in [1.29, 1.82) is 0 Å². The van der Waals surface area contributed by atoms with Gasteiger partial charge >= 0.3 is 24.0 Å². The summed E-state index contributed by atoms with van der Waals surface area (Å²) < 4.78 is 21.6. The van der Waals surface area contributed by atoms with Crippen LogP contribution in [0.4, 0.5) is 4.79 Å². The van der Waals surface area contributed by atoms with Crippen LogP contribution in [0.5, 0.6) is 5.75 Å². The summed E-state index contributed by atoms with van der Waals surface area (Å²) >= 11 is 0. The molecule has 0 aliphatic rings. The molecule has 0 radical (unpaired) electrons. The Bertz CT molecular complexity index is 1710. The van der Waals surface area contributed by atoms with E-state index >= 15 is 0 Å². The van der Waals surface area contributed by atoms with Gasteiger partial charge in [0.15, 0.2) is 12.4 Å². The fourth-order valence-corrected chi connectivity index (χ4v) is 5.63. The second kappa shape index (κ2) is 26.7. The van der Waals surface area contributed by atoms with E-state index in [1.54, 1.807) is 6.92 Å². The number of hydroxylamine groups is 2. The number of ether oxygens (including phenoxy) is 3. The number of carboxylic acids is 1. The van der Waals surface area contributed by atoms with Gasteiger partial charge < -0.3 is 49.8 Å². The lowest BCUT2D eigenvalue weighted by atomic mass is 9.90. The van der Waals surface area contributed by atoms with Crippen molar-refractivity contribution in [2.75, 3.05) is 33.5 Å². The number of rotatable bonds is 28. The largest absolute Gasteiger partial charge is 0.481 e. The van der Waals surface area contributed by atoms with Crippen molar-refractivity contribution in [3.8, 4) is 17.1 Å². The molecule has 0 aliphatic heterocycles. The number of furan rings is 1. The van der Waals surface area contributed by atoms with E-state index in [4.69, 9.17) is 23.5 Å². The molecular formula is C40H57N5O14. The number of esters is 2. The molecule has 2 aromatic rings. The van der Waals surface area contributed by atoms with Crippen molar-refractivity contribution in [1.82, 2.24) is 26.3 Å². The number of hydrogen-bond acceptors (Lipinski definition) is 13. The molecular weight excluding hydrogens is 774 g/mol. The highest BCUT2D eigenvalue weighted by Crippen LogP contribution is 2.29. The van der Waals surface area contributed by atoms with Crippen LogP contribution in [-0.4, -0.2) is 104 Å². The van der Waals surface area contributed by atoms with E-state index < -0.39 is 72.8 Å². The Morgan fingerprint density at radius 1 is 0.864 bits per heavy atom. The van der Waals surface area contributed by atoms with E-state index in [2.05, 4.69) is 21.3 Å². The van der Waals surface area contributed by atoms with Crippen molar-refractivity contribution in [3.63, 3.8) is 0 Å². The number of amides is 5. The Morgan fingerprint density at radius 3 is 2.19 bits per heavy atom. The zero-order chi connectivity index (χ0) is 43.7. The van der Waals surface area contributed by atoms with Gasteiger partial charge in [-0.2, -0.15) is 5.06 Å². The first-order valence-corrected chi connectivity index (χ1v) is 19.7. The Hall–Kier alpha value is -6.14. The third kappa shape index (κ3) is 16.7. The molecule has 59 heavy (non-hydrogen) atoms. The highest BCUT2D eigenvalue weighted by atomic mass is 16.7. The number of aliphatic carboxylic acids is 1. The molecule has 0 aliphatic carbocycles. The van der Waals surface area contributed by atoms with E-state index in [1.165, 1.54) is 37.4 Å². The third-order valence-electron chi connectivity index (χ3n) is 8.83. The van der Waals surface area contributed by atoms with Gasteiger partial charge in [0.05, 0.1) is 43.8 Å². The molecule has 1 heterocycles. The van der Waals surface area contributed by atoms with Gasteiger partial charge in [-0.3, -0.25) is 24.0 Å². The summed E-state index contributed by atoms with van der Waals surface area (Å²) in [6.07, 6.45) is 4.70. The molecule has 0 bridgehead atoms.